The molecular weight excluding hydrogens is 342 g/mol. The molecule has 4 aromatic rings. The van der Waals surface area contributed by atoms with E-state index < -0.39 is 0 Å². The highest BCUT2D eigenvalue weighted by atomic mass is 16.5. The number of benzene rings is 2. The second kappa shape index (κ2) is 8.16. The molecule has 4 rings (SSSR count). The van der Waals surface area contributed by atoms with Crippen LogP contribution in [0.5, 0.6) is 5.75 Å². The molecule has 0 amide bonds. The van der Waals surface area contributed by atoms with Gasteiger partial charge in [-0.15, -0.1) is 0 Å². The average molecular weight is 363 g/mol. The molecule has 0 saturated heterocycles. The Morgan fingerprint density at radius 1 is 0.852 bits per heavy atom. The summed E-state index contributed by atoms with van der Waals surface area (Å²) in [4.78, 5) is 12.7. The van der Waals surface area contributed by atoms with Gasteiger partial charge in [0.15, 0.2) is 5.82 Å². The molecule has 6 heteroatoms. The molecule has 2 aromatic heterocycles. The van der Waals surface area contributed by atoms with Crippen LogP contribution in [0.3, 0.4) is 0 Å². The van der Waals surface area contributed by atoms with Crippen LogP contribution in [-0.2, 0) is 9.47 Å². The maximum Gasteiger partial charge on any atom is 0.157 e. The van der Waals surface area contributed by atoms with Gasteiger partial charge in [-0.1, -0.05) is 30.3 Å². The first-order valence-electron chi connectivity index (χ1n) is 8.89. The fourth-order valence-electron chi connectivity index (χ4n) is 2.90. The van der Waals surface area contributed by atoms with Crippen LogP contribution in [0, 0.1) is 0 Å². The SMILES string of the molecule is COCCOCCOc1cccc2ccc(-c3nc4ccccc4[nH]3)nc12. The number of rotatable bonds is 8. The van der Waals surface area contributed by atoms with Crippen LogP contribution in [0.25, 0.3) is 33.5 Å². The Morgan fingerprint density at radius 2 is 1.74 bits per heavy atom. The molecule has 2 aromatic carbocycles. The van der Waals surface area contributed by atoms with Crippen molar-refractivity contribution < 1.29 is 14.2 Å². The number of aromatic amines is 1. The van der Waals surface area contributed by atoms with Crippen molar-refractivity contribution in [2.45, 2.75) is 0 Å². The lowest BCUT2D eigenvalue weighted by atomic mass is 10.2. The number of hydrogen-bond donors (Lipinski definition) is 1. The molecule has 6 nitrogen and oxygen atoms in total. The molecule has 27 heavy (non-hydrogen) atoms. The Bertz CT molecular complexity index is 1010. The van der Waals surface area contributed by atoms with E-state index in [4.69, 9.17) is 19.2 Å². The van der Waals surface area contributed by atoms with Crippen LogP contribution in [0.15, 0.2) is 54.6 Å². The topological polar surface area (TPSA) is 69.3 Å². The monoisotopic (exact) mass is 363 g/mol. The minimum Gasteiger partial charge on any atom is -0.489 e. The molecule has 0 fully saturated rings. The van der Waals surface area contributed by atoms with E-state index in [0.717, 1.165) is 39.2 Å². The van der Waals surface area contributed by atoms with Crippen molar-refractivity contribution in [1.29, 1.82) is 0 Å². The lowest BCUT2D eigenvalue weighted by Crippen LogP contribution is -2.10. The number of imidazole rings is 1. The van der Waals surface area contributed by atoms with E-state index in [-0.39, 0.29) is 0 Å². The number of aromatic nitrogens is 3. The third-order valence-electron chi connectivity index (χ3n) is 4.23. The quantitative estimate of drug-likeness (QED) is 0.482. The molecule has 1 N–H and O–H groups in total. The van der Waals surface area contributed by atoms with Crippen molar-refractivity contribution in [3.8, 4) is 17.3 Å². The van der Waals surface area contributed by atoms with Crippen LogP contribution in [0.1, 0.15) is 0 Å². The number of para-hydroxylation sites is 3. The summed E-state index contributed by atoms with van der Waals surface area (Å²) in [5.41, 5.74) is 3.51. The first-order chi connectivity index (χ1) is 13.3. The van der Waals surface area contributed by atoms with Crippen molar-refractivity contribution in [2.75, 3.05) is 33.5 Å². The molecule has 0 bridgehead atoms. The largest absolute Gasteiger partial charge is 0.489 e. The predicted molar refractivity (Wildman–Crippen MR) is 105 cm³/mol. The van der Waals surface area contributed by atoms with E-state index in [0.29, 0.717) is 26.4 Å². The summed E-state index contributed by atoms with van der Waals surface area (Å²) in [6.07, 6.45) is 0. The zero-order valence-electron chi connectivity index (χ0n) is 15.1. The molecule has 0 unspecified atom stereocenters. The van der Waals surface area contributed by atoms with Gasteiger partial charge in [0.05, 0.1) is 30.9 Å². The molecular formula is C21H21N3O3. The Hall–Kier alpha value is -2.96. The summed E-state index contributed by atoms with van der Waals surface area (Å²) in [5.74, 6) is 1.48. The maximum absolute atomic E-state index is 5.89. The van der Waals surface area contributed by atoms with E-state index in [2.05, 4.69) is 9.97 Å². The van der Waals surface area contributed by atoms with Gasteiger partial charge in [0, 0.05) is 12.5 Å². The molecule has 0 atom stereocenters. The molecule has 2 heterocycles. The van der Waals surface area contributed by atoms with Crippen LogP contribution in [-0.4, -0.2) is 48.5 Å². The highest BCUT2D eigenvalue weighted by Gasteiger charge is 2.10. The summed E-state index contributed by atoms with van der Waals surface area (Å²) in [6.45, 7) is 2.10. The van der Waals surface area contributed by atoms with E-state index in [1.165, 1.54) is 0 Å². The van der Waals surface area contributed by atoms with Gasteiger partial charge in [-0.05, 0) is 24.3 Å². The average Bonchev–Trinajstić information content (AvgIpc) is 3.14. The number of nitrogens with one attached hydrogen (secondary N) is 1. The lowest BCUT2D eigenvalue weighted by Gasteiger charge is -2.10. The van der Waals surface area contributed by atoms with E-state index in [9.17, 15) is 0 Å². The summed E-state index contributed by atoms with van der Waals surface area (Å²) in [7, 11) is 1.65. The first-order valence-corrected chi connectivity index (χ1v) is 8.89. The molecule has 0 saturated carbocycles. The Balaban J connectivity index is 1.57. The van der Waals surface area contributed by atoms with E-state index >= 15 is 0 Å². The van der Waals surface area contributed by atoms with Gasteiger partial charge in [-0.3, -0.25) is 0 Å². The Labute approximate surface area is 157 Å². The van der Waals surface area contributed by atoms with Crippen molar-refractivity contribution in [1.82, 2.24) is 15.0 Å². The maximum atomic E-state index is 5.89. The van der Waals surface area contributed by atoms with Gasteiger partial charge in [0.25, 0.3) is 0 Å². The minimum absolute atomic E-state index is 0.458. The van der Waals surface area contributed by atoms with Crippen LogP contribution in [0.4, 0.5) is 0 Å². The summed E-state index contributed by atoms with van der Waals surface area (Å²) in [5, 5.41) is 1.02. The van der Waals surface area contributed by atoms with Gasteiger partial charge in [0.1, 0.15) is 23.6 Å². The highest BCUT2D eigenvalue weighted by Crippen LogP contribution is 2.27. The fraction of sp³-hybridized carbons (Fsp3) is 0.238. The van der Waals surface area contributed by atoms with Gasteiger partial charge < -0.3 is 19.2 Å². The van der Waals surface area contributed by atoms with E-state index in [1.807, 2.05) is 54.6 Å². The van der Waals surface area contributed by atoms with Crippen LogP contribution >= 0.6 is 0 Å². The van der Waals surface area contributed by atoms with E-state index in [1.54, 1.807) is 7.11 Å². The number of methoxy groups -OCH3 is 1. The standard InChI is InChI=1S/C21H21N3O3/c1-25-11-12-26-13-14-27-19-8-4-5-15-9-10-18(22-20(15)19)21-23-16-6-2-3-7-17(16)24-21/h2-10H,11-14H2,1H3,(H,23,24). The van der Waals surface area contributed by atoms with Crippen LogP contribution in [0.2, 0.25) is 0 Å². The smallest absolute Gasteiger partial charge is 0.157 e. The number of hydrogen-bond acceptors (Lipinski definition) is 5. The molecule has 138 valence electrons. The Morgan fingerprint density at radius 3 is 2.63 bits per heavy atom. The van der Waals surface area contributed by atoms with Gasteiger partial charge in [-0.2, -0.15) is 0 Å². The normalized spacial score (nSPS) is 11.3. The summed E-state index contributed by atoms with van der Waals surface area (Å²) < 4.78 is 16.3. The number of ether oxygens (including phenoxy) is 3. The fourth-order valence-corrected chi connectivity index (χ4v) is 2.90. The van der Waals surface area contributed by atoms with Crippen molar-refractivity contribution in [3.05, 3.63) is 54.6 Å². The minimum atomic E-state index is 0.458. The molecule has 0 aliphatic carbocycles. The highest BCUT2D eigenvalue weighted by molar-refractivity contribution is 5.87. The predicted octanol–water partition coefficient (Wildman–Crippen LogP) is 3.82. The lowest BCUT2D eigenvalue weighted by molar-refractivity contribution is 0.0546. The van der Waals surface area contributed by atoms with Crippen molar-refractivity contribution in [3.63, 3.8) is 0 Å². The first kappa shape index (κ1) is 17.5. The molecule has 0 spiro atoms. The van der Waals surface area contributed by atoms with Crippen molar-refractivity contribution in [2.24, 2.45) is 0 Å². The Kier molecular flexibility index (Phi) is 5.27. The zero-order chi connectivity index (χ0) is 18.5. The second-order valence-corrected chi connectivity index (χ2v) is 6.08. The van der Waals surface area contributed by atoms with Gasteiger partial charge in [-0.25, -0.2) is 9.97 Å². The molecule has 0 aliphatic heterocycles. The van der Waals surface area contributed by atoms with Gasteiger partial charge in [0.2, 0.25) is 0 Å². The van der Waals surface area contributed by atoms with Crippen molar-refractivity contribution >= 4 is 21.9 Å². The van der Waals surface area contributed by atoms with Crippen LogP contribution < -0.4 is 4.74 Å². The summed E-state index contributed by atoms with van der Waals surface area (Å²) >= 11 is 0. The second-order valence-electron chi connectivity index (χ2n) is 6.08. The molecule has 0 radical (unpaired) electrons. The van der Waals surface area contributed by atoms with Gasteiger partial charge >= 0.3 is 0 Å². The number of H-pyrrole nitrogens is 1. The number of nitrogens with zero attached hydrogens (tertiary/aromatic N) is 2. The number of fused-ring (bicyclic) bond motifs is 2. The third kappa shape index (κ3) is 3.92. The zero-order valence-corrected chi connectivity index (χ0v) is 15.1. The summed E-state index contributed by atoms with van der Waals surface area (Å²) in [6, 6.07) is 17.9. The third-order valence-corrected chi connectivity index (χ3v) is 4.23. The molecule has 0 aliphatic rings. The number of pyridine rings is 1.